The van der Waals surface area contributed by atoms with E-state index in [1.54, 1.807) is 0 Å². The Balaban J connectivity index is 1.58. The number of para-hydroxylation sites is 1. The van der Waals surface area contributed by atoms with Crippen LogP contribution in [0.3, 0.4) is 0 Å². The monoisotopic (exact) mass is 450 g/mol. The van der Waals surface area contributed by atoms with E-state index in [0.717, 1.165) is 78.4 Å². The number of nitrogens with zero attached hydrogens (tertiary/aromatic N) is 4. The molecule has 166 valence electrons. The molecule has 0 amide bonds. The topological polar surface area (TPSA) is 69.3 Å². The van der Waals surface area contributed by atoms with Crippen molar-refractivity contribution in [2.75, 3.05) is 63.7 Å². The molecular formula is C24H27ClN6O. The van der Waals surface area contributed by atoms with Gasteiger partial charge in [0.05, 0.1) is 41.0 Å². The van der Waals surface area contributed by atoms with Crippen molar-refractivity contribution in [1.82, 2.24) is 19.9 Å². The number of rotatable bonds is 6. The molecule has 1 aliphatic rings. The summed E-state index contributed by atoms with van der Waals surface area (Å²) < 4.78 is 5.49. The van der Waals surface area contributed by atoms with Crippen molar-refractivity contribution in [3.05, 3.63) is 47.6 Å². The maximum Gasteiger partial charge on any atom is 0.143 e. The number of morpholine rings is 1. The van der Waals surface area contributed by atoms with Crippen molar-refractivity contribution in [2.24, 2.45) is 0 Å². The fourth-order valence-electron chi connectivity index (χ4n) is 4.12. The van der Waals surface area contributed by atoms with Gasteiger partial charge >= 0.3 is 0 Å². The number of pyridine rings is 1. The lowest BCUT2D eigenvalue weighted by atomic mass is 10.1. The van der Waals surface area contributed by atoms with Gasteiger partial charge in [-0.05, 0) is 38.4 Å². The maximum absolute atomic E-state index is 6.72. The zero-order chi connectivity index (χ0) is 22.1. The van der Waals surface area contributed by atoms with Gasteiger partial charge in [-0.1, -0.05) is 29.8 Å². The number of fused-ring (bicyclic) bond motifs is 2. The molecule has 0 aliphatic carbocycles. The van der Waals surface area contributed by atoms with Gasteiger partial charge < -0.3 is 24.8 Å². The molecule has 0 atom stereocenters. The van der Waals surface area contributed by atoms with Gasteiger partial charge in [0.15, 0.2) is 0 Å². The second kappa shape index (κ2) is 8.94. The number of nitrogens with one attached hydrogen (secondary N) is 2. The molecule has 1 aliphatic heterocycles. The normalized spacial score (nSPS) is 14.6. The smallest absolute Gasteiger partial charge is 0.143 e. The summed E-state index contributed by atoms with van der Waals surface area (Å²) >= 11 is 6.72. The predicted octanol–water partition coefficient (Wildman–Crippen LogP) is 4.24. The summed E-state index contributed by atoms with van der Waals surface area (Å²) in [6.07, 6.45) is 0. The van der Waals surface area contributed by atoms with Crippen molar-refractivity contribution in [2.45, 2.75) is 0 Å². The number of ether oxygens (including phenoxy) is 1. The second-order valence-electron chi connectivity index (χ2n) is 8.29. The minimum Gasteiger partial charge on any atom is -0.383 e. The van der Waals surface area contributed by atoms with Crippen molar-refractivity contribution < 1.29 is 4.74 Å². The number of halogens is 1. The number of benzene rings is 2. The van der Waals surface area contributed by atoms with Crippen LogP contribution in [-0.4, -0.2) is 73.3 Å². The van der Waals surface area contributed by atoms with E-state index in [1.165, 1.54) is 5.69 Å². The summed E-state index contributed by atoms with van der Waals surface area (Å²) in [5, 5.41) is 5.05. The molecular weight excluding hydrogens is 424 g/mol. The molecule has 2 aromatic carbocycles. The van der Waals surface area contributed by atoms with Gasteiger partial charge in [-0.3, -0.25) is 0 Å². The number of likely N-dealkylation sites (N-methyl/N-ethyl adjacent to an activating group) is 1. The first kappa shape index (κ1) is 21.0. The standard InChI is InChI=1S/C24H27ClN6O/c1-30(2)10-9-26-22-17-5-3-4-6-18(17)27-23(25)21(22)24-28-19-8-7-16(15-20(19)29-24)31-11-13-32-14-12-31/h3-8,15H,9-14H2,1-2H3,(H,26,27)(H,28,29). The summed E-state index contributed by atoms with van der Waals surface area (Å²) in [6, 6.07) is 14.4. The third-order valence-corrected chi connectivity index (χ3v) is 6.06. The Labute approximate surface area is 192 Å². The van der Waals surface area contributed by atoms with Crippen LogP contribution in [0.2, 0.25) is 5.15 Å². The average molecular weight is 451 g/mol. The number of aromatic nitrogens is 3. The molecule has 7 nitrogen and oxygen atoms in total. The molecule has 0 unspecified atom stereocenters. The second-order valence-corrected chi connectivity index (χ2v) is 8.64. The van der Waals surface area contributed by atoms with Gasteiger partial charge in [0, 0.05) is 37.3 Å². The highest BCUT2D eigenvalue weighted by atomic mass is 35.5. The third kappa shape index (κ3) is 4.11. The molecule has 2 aromatic heterocycles. The van der Waals surface area contributed by atoms with E-state index in [-0.39, 0.29) is 0 Å². The van der Waals surface area contributed by atoms with Crippen LogP contribution in [0.25, 0.3) is 33.3 Å². The van der Waals surface area contributed by atoms with E-state index < -0.39 is 0 Å². The summed E-state index contributed by atoms with van der Waals surface area (Å²) in [5.74, 6) is 0.717. The first-order chi connectivity index (χ1) is 15.6. The van der Waals surface area contributed by atoms with Crippen LogP contribution < -0.4 is 10.2 Å². The molecule has 3 heterocycles. The first-order valence-electron chi connectivity index (χ1n) is 10.9. The van der Waals surface area contributed by atoms with E-state index in [2.05, 4.69) is 63.4 Å². The molecule has 0 radical (unpaired) electrons. The molecule has 32 heavy (non-hydrogen) atoms. The maximum atomic E-state index is 6.72. The van der Waals surface area contributed by atoms with Gasteiger partial charge in [-0.25, -0.2) is 9.97 Å². The van der Waals surface area contributed by atoms with Crippen molar-refractivity contribution in [1.29, 1.82) is 0 Å². The van der Waals surface area contributed by atoms with E-state index in [1.807, 2.05) is 18.2 Å². The minimum absolute atomic E-state index is 0.434. The van der Waals surface area contributed by atoms with E-state index in [4.69, 9.17) is 21.3 Å². The fraction of sp³-hybridized carbons (Fsp3) is 0.333. The van der Waals surface area contributed by atoms with Gasteiger partial charge in [0.1, 0.15) is 11.0 Å². The van der Waals surface area contributed by atoms with Gasteiger partial charge in [0.2, 0.25) is 0 Å². The molecule has 0 bridgehead atoms. The lowest BCUT2D eigenvalue weighted by molar-refractivity contribution is 0.122. The molecule has 1 saturated heterocycles. The number of anilines is 2. The van der Waals surface area contributed by atoms with Crippen molar-refractivity contribution in [3.63, 3.8) is 0 Å². The summed E-state index contributed by atoms with van der Waals surface area (Å²) in [7, 11) is 4.12. The van der Waals surface area contributed by atoms with Crippen LogP contribution in [0, 0.1) is 0 Å². The molecule has 0 spiro atoms. The van der Waals surface area contributed by atoms with Gasteiger partial charge in [-0.2, -0.15) is 0 Å². The number of aromatic amines is 1. The average Bonchev–Trinajstić information content (AvgIpc) is 3.22. The molecule has 5 rings (SSSR count). The zero-order valence-corrected chi connectivity index (χ0v) is 19.1. The van der Waals surface area contributed by atoms with Crippen LogP contribution in [0.4, 0.5) is 11.4 Å². The number of hydrogen-bond donors (Lipinski definition) is 2. The Morgan fingerprint density at radius 3 is 2.72 bits per heavy atom. The fourth-order valence-corrected chi connectivity index (χ4v) is 4.40. The highest BCUT2D eigenvalue weighted by Gasteiger charge is 2.19. The highest BCUT2D eigenvalue weighted by Crippen LogP contribution is 2.38. The summed E-state index contributed by atoms with van der Waals surface area (Å²) in [6.45, 7) is 4.99. The number of H-pyrrole nitrogens is 1. The van der Waals surface area contributed by atoms with E-state index in [9.17, 15) is 0 Å². The first-order valence-corrected chi connectivity index (χ1v) is 11.3. The molecule has 8 heteroatoms. The summed E-state index contributed by atoms with van der Waals surface area (Å²) in [5.41, 5.74) is 5.67. The van der Waals surface area contributed by atoms with Gasteiger partial charge in [0.25, 0.3) is 0 Å². The Hall–Kier alpha value is -2.87. The van der Waals surface area contributed by atoms with Crippen LogP contribution in [0.15, 0.2) is 42.5 Å². The SMILES string of the molecule is CN(C)CCNc1c(-c2nc3ccc(N4CCOCC4)cc3[nH]2)c(Cl)nc2ccccc12. The minimum atomic E-state index is 0.434. The molecule has 2 N–H and O–H groups in total. The van der Waals surface area contributed by atoms with Crippen LogP contribution in [-0.2, 0) is 4.74 Å². The van der Waals surface area contributed by atoms with Crippen LogP contribution in [0.5, 0.6) is 0 Å². The quantitative estimate of drug-likeness (QED) is 0.428. The zero-order valence-electron chi connectivity index (χ0n) is 18.4. The highest BCUT2D eigenvalue weighted by molar-refractivity contribution is 6.33. The molecule has 1 fully saturated rings. The van der Waals surface area contributed by atoms with Gasteiger partial charge in [-0.15, -0.1) is 0 Å². The Morgan fingerprint density at radius 1 is 1.09 bits per heavy atom. The van der Waals surface area contributed by atoms with Crippen molar-refractivity contribution in [3.8, 4) is 11.4 Å². The lowest BCUT2D eigenvalue weighted by Gasteiger charge is -2.28. The molecule has 0 saturated carbocycles. The van der Waals surface area contributed by atoms with Crippen LogP contribution >= 0.6 is 11.6 Å². The Morgan fingerprint density at radius 2 is 1.91 bits per heavy atom. The predicted molar refractivity (Wildman–Crippen MR) is 132 cm³/mol. The Bertz CT molecular complexity index is 1250. The van der Waals surface area contributed by atoms with E-state index >= 15 is 0 Å². The number of hydrogen-bond acceptors (Lipinski definition) is 6. The lowest BCUT2D eigenvalue weighted by Crippen LogP contribution is -2.36. The summed E-state index contributed by atoms with van der Waals surface area (Å²) in [4.78, 5) is 17.5. The van der Waals surface area contributed by atoms with Crippen molar-refractivity contribution >= 4 is 44.9 Å². The number of imidazole rings is 1. The Kier molecular flexibility index (Phi) is 5.87. The molecule has 4 aromatic rings. The largest absolute Gasteiger partial charge is 0.383 e. The van der Waals surface area contributed by atoms with Crippen LogP contribution in [0.1, 0.15) is 0 Å². The third-order valence-electron chi connectivity index (χ3n) is 5.79. The van der Waals surface area contributed by atoms with E-state index in [0.29, 0.717) is 5.15 Å².